The first-order chi connectivity index (χ1) is 3.29. The van der Waals surface area contributed by atoms with E-state index >= 15 is 0 Å². The lowest BCUT2D eigenvalue weighted by Gasteiger charge is -1.71. The Morgan fingerprint density at radius 1 is 1.71 bits per heavy atom. The molecule has 0 spiro atoms. The Bertz CT molecular complexity index is 140. The number of anilines is 1. The number of thiophene rings is 1. The van der Waals surface area contributed by atoms with Gasteiger partial charge in [-0.1, -0.05) is 0 Å². The van der Waals surface area contributed by atoms with Gasteiger partial charge in [0.05, 0.1) is 5.00 Å². The van der Waals surface area contributed by atoms with Crippen LogP contribution < -0.4 is 5.73 Å². The van der Waals surface area contributed by atoms with Crippen molar-refractivity contribution in [2.24, 2.45) is 0 Å². The Kier molecular flexibility index (Phi) is 1.02. The molecule has 0 bridgehead atoms. The SMILES string of the molecule is [CH2]c1csc(N)c1. The predicted octanol–water partition coefficient (Wildman–Crippen LogP) is 1.51. The molecule has 1 heterocycles. The van der Waals surface area contributed by atoms with Crippen LogP contribution in [-0.2, 0) is 0 Å². The van der Waals surface area contributed by atoms with Crippen molar-refractivity contribution < 1.29 is 0 Å². The molecular formula is C5H6NS. The van der Waals surface area contributed by atoms with Crippen LogP contribution in [-0.4, -0.2) is 0 Å². The van der Waals surface area contributed by atoms with Crippen molar-refractivity contribution in [3.05, 3.63) is 23.9 Å². The molecule has 0 aliphatic carbocycles. The lowest BCUT2D eigenvalue weighted by Crippen LogP contribution is -1.73. The van der Waals surface area contributed by atoms with Gasteiger partial charge in [0.2, 0.25) is 0 Å². The summed E-state index contributed by atoms with van der Waals surface area (Å²) in [6.45, 7) is 3.67. The summed E-state index contributed by atoms with van der Waals surface area (Å²) in [5, 5.41) is 2.76. The van der Waals surface area contributed by atoms with Crippen molar-refractivity contribution in [3.8, 4) is 0 Å². The molecule has 0 aliphatic rings. The van der Waals surface area contributed by atoms with E-state index in [1.54, 1.807) is 0 Å². The number of nitrogen functional groups attached to an aromatic ring is 1. The Balaban J connectivity index is 3.04. The first-order valence-corrected chi connectivity index (χ1v) is 2.83. The summed E-state index contributed by atoms with van der Waals surface area (Å²) in [5.41, 5.74) is 6.36. The summed E-state index contributed by atoms with van der Waals surface area (Å²) in [6.07, 6.45) is 0. The molecule has 1 aromatic rings. The molecule has 0 amide bonds. The summed E-state index contributed by atoms with van der Waals surface area (Å²) in [6, 6.07) is 1.85. The lowest BCUT2D eigenvalue weighted by atomic mass is 10.4. The van der Waals surface area contributed by atoms with E-state index in [1.165, 1.54) is 11.3 Å². The van der Waals surface area contributed by atoms with Gasteiger partial charge in [0, 0.05) is 0 Å². The molecular weight excluding hydrogens is 106 g/mol. The van der Waals surface area contributed by atoms with E-state index in [0.717, 1.165) is 10.6 Å². The molecule has 1 aromatic heterocycles. The number of nitrogens with two attached hydrogens (primary N) is 1. The highest BCUT2D eigenvalue weighted by atomic mass is 32.1. The van der Waals surface area contributed by atoms with Gasteiger partial charge in [0.25, 0.3) is 0 Å². The minimum Gasteiger partial charge on any atom is -0.391 e. The minimum atomic E-state index is 0.838. The van der Waals surface area contributed by atoms with E-state index in [4.69, 9.17) is 5.73 Å². The van der Waals surface area contributed by atoms with Crippen molar-refractivity contribution >= 4 is 16.3 Å². The van der Waals surface area contributed by atoms with Gasteiger partial charge in [-0.25, -0.2) is 0 Å². The van der Waals surface area contributed by atoms with Crippen LogP contribution in [0.15, 0.2) is 11.4 Å². The third-order valence-corrected chi connectivity index (χ3v) is 1.48. The van der Waals surface area contributed by atoms with Gasteiger partial charge in [-0.3, -0.25) is 0 Å². The van der Waals surface area contributed by atoms with E-state index in [-0.39, 0.29) is 0 Å². The Morgan fingerprint density at radius 2 is 2.43 bits per heavy atom. The highest BCUT2D eigenvalue weighted by Gasteiger charge is 1.85. The van der Waals surface area contributed by atoms with Gasteiger partial charge in [0.1, 0.15) is 0 Å². The monoisotopic (exact) mass is 112 g/mol. The smallest absolute Gasteiger partial charge is 0.0859 e. The molecule has 0 unspecified atom stereocenters. The molecule has 2 heteroatoms. The molecule has 0 fully saturated rings. The Morgan fingerprint density at radius 3 is 2.57 bits per heavy atom. The maximum Gasteiger partial charge on any atom is 0.0859 e. The van der Waals surface area contributed by atoms with Gasteiger partial charge in [-0.05, 0) is 23.9 Å². The summed E-state index contributed by atoms with van der Waals surface area (Å²) in [7, 11) is 0. The van der Waals surface area contributed by atoms with Gasteiger partial charge in [-0.2, -0.15) is 0 Å². The third kappa shape index (κ3) is 0.933. The van der Waals surface area contributed by atoms with Crippen LogP contribution in [0, 0.1) is 6.92 Å². The zero-order chi connectivity index (χ0) is 5.28. The molecule has 0 aliphatic heterocycles. The molecule has 0 saturated carbocycles. The van der Waals surface area contributed by atoms with E-state index in [2.05, 4.69) is 6.92 Å². The molecule has 0 atom stereocenters. The molecule has 1 rings (SSSR count). The highest BCUT2D eigenvalue weighted by molar-refractivity contribution is 7.14. The Hall–Kier alpha value is -0.500. The predicted molar refractivity (Wildman–Crippen MR) is 33.2 cm³/mol. The second kappa shape index (κ2) is 1.54. The number of rotatable bonds is 0. The maximum absolute atomic E-state index is 5.36. The minimum absolute atomic E-state index is 0.838. The average Bonchev–Trinajstić information content (AvgIpc) is 1.87. The zero-order valence-corrected chi connectivity index (χ0v) is 4.66. The van der Waals surface area contributed by atoms with Crippen molar-refractivity contribution in [1.82, 2.24) is 0 Å². The molecule has 2 N–H and O–H groups in total. The van der Waals surface area contributed by atoms with Crippen molar-refractivity contribution in [2.45, 2.75) is 0 Å². The standard InChI is InChI=1S/C5H6NS/c1-4-2-5(6)7-3-4/h2-3H,1,6H2. The first kappa shape index (κ1) is 4.65. The van der Waals surface area contributed by atoms with Crippen LogP contribution in [0.3, 0.4) is 0 Å². The summed E-state index contributed by atoms with van der Waals surface area (Å²) in [4.78, 5) is 0. The summed E-state index contributed by atoms with van der Waals surface area (Å²) < 4.78 is 0. The molecule has 0 saturated heterocycles. The fourth-order valence-corrected chi connectivity index (χ4v) is 0.969. The van der Waals surface area contributed by atoms with Crippen LogP contribution in [0.1, 0.15) is 5.56 Å². The van der Waals surface area contributed by atoms with Crippen LogP contribution in [0.25, 0.3) is 0 Å². The number of hydrogen-bond donors (Lipinski definition) is 1. The zero-order valence-electron chi connectivity index (χ0n) is 3.85. The average molecular weight is 112 g/mol. The fraction of sp³-hybridized carbons (Fsp3) is 0. The van der Waals surface area contributed by atoms with Crippen molar-refractivity contribution in [3.63, 3.8) is 0 Å². The molecule has 7 heavy (non-hydrogen) atoms. The largest absolute Gasteiger partial charge is 0.391 e. The van der Waals surface area contributed by atoms with Crippen LogP contribution >= 0.6 is 11.3 Å². The van der Waals surface area contributed by atoms with Crippen molar-refractivity contribution in [2.75, 3.05) is 5.73 Å². The molecule has 1 nitrogen and oxygen atoms in total. The van der Waals surface area contributed by atoms with Gasteiger partial charge < -0.3 is 5.73 Å². The van der Waals surface area contributed by atoms with E-state index in [0.29, 0.717) is 0 Å². The second-order valence-electron chi connectivity index (χ2n) is 1.36. The lowest BCUT2D eigenvalue weighted by molar-refractivity contribution is 1.78. The highest BCUT2D eigenvalue weighted by Crippen LogP contribution is 2.14. The number of hydrogen-bond acceptors (Lipinski definition) is 2. The molecule has 0 aromatic carbocycles. The van der Waals surface area contributed by atoms with E-state index in [1.807, 2.05) is 11.4 Å². The van der Waals surface area contributed by atoms with Gasteiger partial charge in [-0.15, -0.1) is 11.3 Å². The van der Waals surface area contributed by atoms with E-state index in [9.17, 15) is 0 Å². The molecule has 37 valence electrons. The summed E-state index contributed by atoms with van der Waals surface area (Å²) in [5.74, 6) is 0. The van der Waals surface area contributed by atoms with Crippen LogP contribution in [0.2, 0.25) is 0 Å². The third-order valence-electron chi connectivity index (χ3n) is 0.674. The van der Waals surface area contributed by atoms with E-state index < -0.39 is 0 Å². The Labute approximate surface area is 46.8 Å². The van der Waals surface area contributed by atoms with Gasteiger partial charge >= 0.3 is 0 Å². The first-order valence-electron chi connectivity index (χ1n) is 1.95. The normalized spacial score (nSPS) is 9.29. The topological polar surface area (TPSA) is 26.0 Å². The molecule has 1 radical (unpaired) electrons. The van der Waals surface area contributed by atoms with Crippen LogP contribution in [0.4, 0.5) is 5.00 Å². The van der Waals surface area contributed by atoms with Crippen molar-refractivity contribution in [1.29, 1.82) is 0 Å². The fourth-order valence-electron chi connectivity index (χ4n) is 0.394. The second-order valence-corrected chi connectivity index (χ2v) is 2.30. The van der Waals surface area contributed by atoms with Crippen LogP contribution in [0.5, 0.6) is 0 Å². The summed E-state index contributed by atoms with van der Waals surface area (Å²) >= 11 is 1.52. The quantitative estimate of drug-likeness (QED) is 0.541. The van der Waals surface area contributed by atoms with Gasteiger partial charge in [0.15, 0.2) is 0 Å². The maximum atomic E-state index is 5.36.